The summed E-state index contributed by atoms with van der Waals surface area (Å²) in [6.45, 7) is -3.29. The molecule has 0 amide bonds. The van der Waals surface area contributed by atoms with Gasteiger partial charge in [-0.1, -0.05) is 18.2 Å². The first kappa shape index (κ1) is 35.0. The van der Waals surface area contributed by atoms with E-state index in [4.69, 9.17) is 4.74 Å². The Morgan fingerprint density at radius 2 is 1.20 bits per heavy atom. The van der Waals surface area contributed by atoms with Crippen LogP contribution in [0.4, 0.5) is 35.1 Å². The number of hydrogen-bond acceptors (Lipinski definition) is 8. The molecule has 240 valence electrons. The fraction of sp³-hybridized carbons (Fsp3) is 0.269. The Hall–Kier alpha value is -3.45. The van der Waals surface area contributed by atoms with Crippen molar-refractivity contribution in [2.75, 3.05) is 20.5 Å². The molecule has 0 aliphatic heterocycles. The standard InChI is InChI=1S/C26H20F8O8S2/c1-39-16-41-23(25(29,30)31,26(32,33)34)15-40-17-7-11-20(12-8-17)43(19-5-3-2-4-6-19)21-13-9-18(10-14-21)42-22(35)24(27,28)44(36,37)38/h2-14H,15-16H2,1H3. The van der Waals surface area contributed by atoms with E-state index in [0.717, 1.165) is 31.4 Å². The van der Waals surface area contributed by atoms with Crippen molar-refractivity contribution in [2.45, 2.75) is 37.9 Å². The van der Waals surface area contributed by atoms with Gasteiger partial charge in [-0.2, -0.15) is 35.1 Å². The third kappa shape index (κ3) is 7.60. The molecule has 1 unspecified atom stereocenters. The van der Waals surface area contributed by atoms with Gasteiger partial charge in [-0.25, -0.2) is 13.2 Å². The van der Waals surface area contributed by atoms with Gasteiger partial charge in [0.25, 0.3) is 5.60 Å². The Kier molecular flexibility index (Phi) is 10.6. The monoisotopic (exact) mass is 676 g/mol. The zero-order valence-corrected chi connectivity index (χ0v) is 23.7. The molecule has 18 heteroatoms. The molecular formula is C26H20F8O8S2. The first-order chi connectivity index (χ1) is 20.3. The van der Waals surface area contributed by atoms with E-state index >= 15 is 0 Å². The molecule has 8 nitrogen and oxygen atoms in total. The van der Waals surface area contributed by atoms with Crippen LogP contribution in [0, 0.1) is 0 Å². The Morgan fingerprint density at radius 3 is 1.64 bits per heavy atom. The van der Waals surface area contributed by atoms with Crippen molar-refractivity contribution in [1.82, 2.24) is 0 Å². The maximum atomic E-state index is 13.6. The molecule has 0 aliphatic rings. The predicted octanol–water partition coefficient (Wildman–Crippen LogP) is 5.69. The van der Waals surface area contributed by atoms with Crippen LogP contribution in [0.15, 0.2) is 93.5 Å². The molecule has 0 aromatic heterocycles. The average Bonchev–Trinajstić information content (AvgIpc) is 2.93. The van der Waals surface area contributed by atoms with E-state index in [-0.39, 0.29) is 5.75 Å². The Bertz CT molecular complexity index is 1500. The minimum Gasteiger partial charge on any atom is -0.743 e. The van der Waals surface area contributed by atoms with Gasteiger partial charge in [0.15, 0.2) is 24.8 Å². The zero-order valence-electron chi connectivity index (χ0n) is 22.0. The van der Waals surface area contributed by atoms with Crippen molar-refractivity contribution >= 4 is 27.0 Å². The molecule has 0 N–H and O–H groups in total. The average molecular weight is 677 g/mol. The van der Waals surface area contributed by atoms with Crippen LogP contribution in [-0.2, 0) is 35.3 Å². The van der Waals surface area contributed by atoms with E-state index in [2.05, 4.69) is 14.2 Å². The van der Waals surface area contributed by atoms with Crippen molar-refractivity contribution in [2.24, 2.45) is 0 Å². The van der Waals surface area contributed by atoms with Gasteiger partial charge < -0.3 is 23.5 Å². The molecule has 0 heterocycles. The summed E-state index contributed by atoms with van der Waals surface area (Å²) in [5, 5.41) is -5.33. The number of esters is 1. The lowest BCUT2D eigenvalue weighted by Gasteiger charge is -2.36. The van der Waals surface area contributed by atoms with Crippen LogP contribution in [0.5, 0.6) is 11.5 Å². The zero-order chi connectivity index (χ0) is 33.0. The van der Waals surface area contributed by atoms with Crippen molar-refractivity contribution in [3.63, 3.8) is 0 Å². The first-order valence-electron chi connectivity index (χ1n) is 11.8. The molecule has 3 aromatic rings. The van der Waals surface area contributed by atoms with Crippen LogP contribution in [-0.4, -0.2) is 62.7 Å². The van der Waals surface area contributed by atoms with Gasteiger partial charge in [0.05, 0.1) is 10.9 Å². The van der Waals surface area contributed by atoms with Gasteiger partial charge in [0, 0.05) is 7.11 Å². The lowest BCUT2D eigenvalue weighted by molar-refractivity contribution is -0.397. The number of halogens is 8. The fourth-order valence-corrected chi connectivity index (χ4v) is 5.73. The quantitative estimate of drug-likeness (QED) is 0.0602. The first-order valence-corrected chi connectivity index (χ1v) is 14.4. The second-order valence-electron chi connectivity index (χ2n) is 8.58. The van der Waals surface area contributed by atoms with Gasteiger partial charge in [0.2, 0.25) is 0 Å². The van der Waals surface area contributed by atoms with Crippen LogP contribution in [0.3, 0.4) is 0 Å². The van der Waals surface area contributed by atoms with Crippen LogP contribution >= 0.6 is 0 Å². The largest absolute Gasteiger partial charge is 0.743 e. The number of rotatable bonds is 12. The number of benzene rings is 3. The van der Waals surface area contributed by atoms with Gasteiger partial charge in [0.1, 0.15) is 24.9 Å². The van der Waals surface area contributed by atoms with Crippen molar-refractivity contribution in [3.05, 3.63) is 78.9 Å². The summed E-state index contributed by atoms with van der Waals surface area (Å²) >= 11 is 0. The Balaban J connectivity index is 1.89. The lowest BCUT2D eigenvalue weighted by atomic mass is 10.0. The highest BCUT2D eigenvalue weighted by molar-refractivity contribution is 7.97. The number of ether oxygens (including phenoxy) is 4. The second-order valence-corrected chi connectivity index (χ2v) is 12.0. The highest BCUT2D eigenvalue weighted by atomic mass is 32.2. The normalized spacial score (nSPS) is 13.8. The summed E-state index contributed by atoms with van der Waals surface area (Å²) in [7, 11) is -6.51. The number of hydrogen-bond donors (Lipinski definition) is 0. The molecule has 0 saturated carbocycles. The van der Waals surface area contributed by atoms with E-state index < -0.39 is 69.3 Å². The summed E-state index contributed by atoms with van der Waals surface area (Å²) in [4.78, 5) is 13.2. The molecule has 0 bridgehead atoms. The minimum atomic E-state index is -6.34. The molecule has 0 saturated heterocycles. The highest BCUT2D eigenvalue weighted by Crippen LogP contribution is 2.46. The second kappa shape index (κ2) is 13.3. The molecule has 0 aliphatic carbocycles. The summed E-state index contributed by atoms with van der Waals surface area (Å²) in [6, 6.07) is 18.3. The van der Waals surface area contributed by atoms with E-state index in [1.54, 1.807) is 30.3 Å². The molecule has 0 radical (unpaired) electrons. The molecule has 0 fully saturated rings. The van der Waals surface area contributed by atoms with Gasteiger partial charge >= 0.3 is 23.6 Å². The van der Waals surface area contributed by atoms with E-state index in [1.807, 2.05) is 0 Å². The Labute approximate surface area is 247 Å². The summed E-state index contributed by atoms with van der Waals surface area (Å²) in [6.07, 6.45) is -11.8. The maximum Gasteiger partial charge on any atom is 0.430 e. The van der Waals surface area contributed by atoms with Gasteiger partial charge in [-0.3, -0.25) is 0 Å². The molecule has 3 rings (SSSR count). The fourth-order valence-electron chi connectivity index (χ4n) is 3.42. The SMILES string of the molecule is COCOC(COc1ccc([S+](c2ccccc2)c2ccc(OC(=O)C(F)(F)S(=O)(=O)[O-])cc2)cc1)(C(F)(F)F)C(F)(F)F. The maximum absolute atomic E-state index is 13.6. The van der Waals surface area contributed by atoms with E-state index in [1.165, 1.54) is 24.3 Å². The molecule has 1 atom stereocenters. The van der Waals surface area contributed by atoms with Gasteiger partial charge in [-0.15, -0.1) is 0 Å². The minimum absolute atomic E-state index is 0.360. The molecule has 44 heavy (non-hydrogen) atoms. The van der Waals surface area contributed by atoms with Crippen molar-refractivity contribution in [1.29, 1.82) is 0 Å². The third-order valence-corrected chi connectivity index (χ3v) is 8.67. The van der Waals surface area contributed by atoms with Crippen LogP contribution in [0.1, 0.15) is 0 Å². The van der Waals surface area contributed by atoms with Crippen molar-refractivity contribution in [3.8, 4) is 11.5 Å². The number of carbonyl (C=O) groups is 1. The molecule has 0 spiro atoms. The number of methoxy groups -OCH3 is 1. The topological polar surface area (TPSA) is 111 Å². The van der Waals surface area contributed by atoms with Crippen LogP contribution in [0.2, 0.25) is 0 Å². The number of carbonyl (C=O) groups excluding carboxylic acids is 1. The lowest BCUT2D eigenvalue weighted by Crippen LogP contribution is -2.62. The number of alkyl halides is 8. The molecular weight excluding hydrogens is 656 g/mol. The van der Waals surface area contributed by atoms with E-state index in [9.17, 15) is 52.9 Å². The van der Waals surface area contributed by atoms with Crippen LogP contribution in [0.25, 0.3) is 0 Å². The summed E-state index contributed by atoms with van der Waals surface area (Å²) in [5.41, 5.74) is -4.68. The highest BCUT2D eigenvalue weighted by Gasteiger charge is 2.73. The van der Waals surface area contributed by atoms with Gasteiger partial charge in [-0.05, 0) is 60.7 Å². The predicted molar refractivity (Wildman–Crippen MR) is 135 cm³/mol. The molecule has 3 aromatic carbocycles. The third-order valence-electron chi connectivity index (χ3n) is 5.64. The van der Waals surface area contributed by atoms with Crippen LogP contribution < -0.4 is 9.47 Å². The van der Waals surface area contributed by atoms with Crippen molar-refractivity contribution < 1.29 is 71.8 Å². The van der Waals surface area contributed by atoms with E-state index in [0.29, 0.717) is 14.7 Å². The smallest absolute Gasteiger partial charge is 0.430 e. The Morgan fingerprint density at radius 1 is 0.750 bits per heavy atom. The summed E-state index contributed by atoms with van der Waals surface area (Å²) < 4.78 is 158. The summed E-state index contributed by atoms with van der Waals surface area (Å²) in [5.74, 6) is -3.48.